The fourth-order valence-corrected chi connectivity index (χ4v) is 2.84. The Balaban J connectivity index is 0.00000420. The zero-order valence-electron chi connectivity index (χ0n) is 16.8. The van der Waals surface area contributed by atoms with Crippen molar-refractivity contribution >= 4 is 35.8 Å². The van der Waals surface area contributed by atoms with Gasteiger partial charge in [0.25, 0.3) is 0 Å². The number of alkyl halides is 3. The van der Waals surface area contributed by atoms with E-state index >= 15 is 0 Å². The summed E-state index contributed by atoms with van der Waals surface area (Å²) in [5.74, 6) is 0.707. The van der Waals surface area contributed by atoms with Gasteiger partial charge in [0, 0.05) is 40.2 Å². The van der Waals surface area contributed by atoms with Crippen LogP contribution in [0.15, 0.2) is 29.3 Å². The van der Waals surface area contributed by atoms with Crippen molar-refractivity contribution in [2.24, 2.45) is 10.9 Å². The molecule has 1 aromatic carbocycles. The minimum atomic E-state index is -4.39. The van der Waals surface area contributed by atoms with Gasteiger partial charge in [-0.15, -0.1) is 24.0 Å². The second kappa shape index (κ2) is 11.6. The molecule has 1 saturated heterocycles. The molecule has 0 aromatic heterocycles. The number of carbonyl (C=O) groups excluding carboxylic acids is 1. The van der Waals surface area contributed by atoms with Crippen LogP contribution in [-0.4, -0.2) is 69.1 Å². The molecule has 0 spiro atoms. The van der Waals surface area contributed by atoms with Gasteiger partial charge in [0.05, 0.1) is 25.3 Å². The minimum absolute atomic E-state index is 0. The smallest absolute Gasteiger partial charge is 0.381 e. The van der Waals surface area contributed by atoms with Crippen molar-refractivity contribution in [3.05, 3.63) is 35.4 Å². The quantitative estimate of drug-likeness (QED) is 0.351. The van der Waals surface area contributed by atoms with Gasteiger partial charge in [-0.2, -0.15) is 13.2 Å². The molecule has 1 fully saturated rings. The molecule has 2 rings (SSSR count). The zero-order chi connectivity index (χ0) is 20.7. The van der Waals surface area contributed by atoms with Gasteiger partial charge in [0.1, 0.15) is 0 Å². The molecule has 1 unspecified atom stereocenters. The number of likely N-dealkylation sites (N-methyl/N-ethyl adjacent to an activating group) is 1. The average molecular weight is 528 g/mol. The van der Waals surface area contributed by atoms with Crippen molar-refractivity contribution in [1.29, 1.82) is 0 Å². The summed E-state index contributed by atoms with van der Waals surface area (Å²) < 4.78 is 44.1. The Morgan fingerprint density at radius 3 is 2.62 bits per heavy atom. The van der Waals surface area contributed by atoms with Crippen LogP contribution in [0.1, 0.15) is 17.5 Å². The Hall–Kier alpha value is -1.56. The molecular formula is C19H28F3IN4O2. The van der Waals surface area contributed by atoms with Crippen molar-refractivity contribution < 1.29 is 22.7 Å². The topological polar surface area (TPSA) is 57.2 Å². The number of rotatable bonds is 6. The van der Waals surface area contributed by atoms with Gasteiger partial charge in [-0.25, -0.2) is 4.99 Å². The Morgan fingerprint density at radius 2 is 2.03 bits per heavy atom. The van der Waals surface area contributed by atoms with Gasteiger partial charge in [-0.1, -0.05) is 12.1 Å². The first-order valence-corrected chi connectivity index (χ1v) is 9.10. The predicted molar refractivity (Wildman–Crippen MR) is 116 cm³/mol. The third kappa shape index (κ3) is 8.37. The summed E-state index contributed by atoms with van der Waals surface area (Å²) in [7, 11) is 5.16. The Bertz CT molecular complexity index is 692. The summed E-state index contributed by atoms with van der Waals surface area (Å²) in [6.07, 6.45) is -3.44. The molecule has 6 nitrogen and oxygen atoms in total. The molecule has 1 aliphatic rings. The molecule has 1 aliphatic heterocycles. The number of amides is 1. The van der Waals surface area contributed by atoms with E-state index in [1.807, 2.05) is 11.9 Å². The molecule has 29 heavy (non-hydrogen) atoms. The molecule has 0 radical (unpaired) electrons. The summed E-state index contributed by atoms with van der Waals surface area (Å²) in [5, 5.41) is 3.01. The maximum absolute atomic E-state index is 12.9. The Labute approximate surface area is 186 Å². The van der Waals surface area contributed by atoms with Gasteiger partial charge < -0.3 is 19.9 Å². The molecule has 1 amide bonds. The molecule has 1 atom stereocenters. The lowest BCUT2D eigenvalue weighted by Crippen LogP contribution is -2.45. The number of carbonyl (C=O) groups is 1. The number of hydrogen-bond donors (Lipinski definition) is 1. The monoisotopic (exact) mass is 528 g/mol. The molecule has 0 saturated carbocycles. The second-order valence-corrected chi connectivity index (χ2v) is 7.09. The summed E-state index contributed by atoms with van der Waals surface area (Å²) in [5.41, 5.74) is -0.250. The summed E-state index contributed by atoms with van der Waals surface area (Å²) in [6.45, 7) is 2.21. The maximum atomic E-state index is 12.9. The largest absolute Gasteiger partial charge is 0.416 e. The SMILES string of the molecule is CN(C)C(=O)CNC(=NCc1cccc(C(F)(F)F)c1)N(C)CC1CCOC1.I. The van der Waals surface area contributed by atoms with Crippen LogP contribution in [0.4, 0.5) is 13.2 Å². The predicted octanol–water partition coefficient (Wildman–Crippen LogP) is 2.83. The summed E-state index contributed by atoms with van der Waals surface area (Å²) >= 11 is 0. The van der Waals surface area contributed by atoms with E-state index in [1.54, 1.807) is 20.2 Å². The number of hydrogen-bond acceptors (Lipinski definition) is 3. The zero-order valence-corrected chi connectivity index (χ0v) is 19.2. The van der Waals surface area contributed by atoms with E-state index in [1.165, 1.54) is 11.0 Å². The van der Waals surface area contributed by atoms with Crippen LogP contribution in [0.5, 0.6) is 0 Å². The number of nitrogens with zero attached hydrogens (tertiary/aromatic N) is 3. The van der Waals surface area contributed by atoms with Gasteiger partial charge >= 0.3 is 6.18 Å². The normalized spacial score (nSPS) is 16.9. The average Bonchev–Trinajstić information content (AvgIpc) is 3.13. The number of aliphatic imine (C=N–C) groups is 1. The first-order valence-electron chi connectivity index (χ1n) is 9.10. The van der Waals surface area contributed by atoms with Crippen molar-refractivity contribution in [2.45, 2.75) is 19.1 Å². The van der Waals surface area contributed by atoms with E-state index in [9.17, 15) is 18.0 Å². The lowest BCUT2D eigenvalue weighted by molar-refractivity contribution is -0.137. The highest BCUT2D eigenvalue weighted by Gasteiger charge is 2.30. The van der Waals surface area contributed by atoms with Crippen molar-refractivity contribution in [3.8, 4) is 0 Å². The van der Waals surface area contributed by atoms with Crippen molar-refractivity contribution in [1.82, 2.24) is 15.1 Å². The van der Waals surface area contributed by atoms with Gasteiger partial charge in [0.15, 0.2) is 5.96 Å². The highest BCUT2D eigenvalue weighted by Crippen LogP contribution is 2.29. The minimum Gasteiger partial charge on any atom is -0.381 e. The van der Waals surface area contributed by atoms with E-state index in [-0.39, 0.29) is 43.0 Å². The van der Waals surface area contributed by atoms with Crippen LogP contribution >= 0.6 is 24.0 Å². The highest BCUT2D eigenvalue weighted by molar-refractivity contribution is 14.0. The molecule has 10 heteroatoms. The first-order chi connectivity index (χ1) is 13.2. The molecule has 164 valence electrons. The van der Waals surface area contributed by atoms with E-state index < -0.39 is 11.7 Å². The van der Waals surface area contributed by atoms with E-state index in [0.29, 0.717) is 30.6 Å². The van der Waals surface area contributed by atoms with Crippen LogP contribution in [-0.2, 0) is 22.3 Å². The standard InChI is InChI=1S/C19H27F3N4O2.HI/c1-25(2)17(27)11-24-18(26(3)12-15-7-8-28-13-15)23-10-14-5-4-6-16(9-14)19(20,21)22;/h4-6,9,15H,7-8,10-13H2,1-3H3,(H,23,24);1H. The highest BCUT2D eigenvalue weighted by atomic mass is 127. The van der Waals surface area contributed by atoms with Crippen LogP contribution in [0.25, 0.3) is 0 Å². The van der Waals surface area contributed by atoms with Gasteiger partial charge in [-0.05, 0) is 24.1 Å². The van der Waals surface area contributed by atoms with Crippen LogP contribution in [0, 0.1) is 5.92 Å². The van der Waals surface area contributed by atoms with Crippen molar-refractivity contribution in [3.63, 3.8) is 0 Å². The number of ether oxygens (including phenoxy) is 1. The summed E-state index contributed by atoms with van der Waals surface area (Å²) in [6, 6.07) is 5.10. The maximum Gasteiger partial charge on any atom is 0.416 e. The van der Waals surface area contributed by atoms with Gasteiger partial charge in [-0.3, -0.25) is 4.79 Å². The third-order valence-corrected chi connectivity index (χ3v) is 4.48. The number of nitrogens with one attached hydrogen (secondary N) is 1. The van der Waals surface area contributed by atoms with Gasteiger partial charge in [0.2, 0.25) is 5.91 Å². The third-order valence-electron chi connectivity index (χ3n) is 4.48. The van der Waals surface area contributed by atoms with Crippen LogP contribution < -0.4 is 5.32 Å². The Kier molecular flexibility index (Phi) is 10.2. The fraction of sp³-hybridized carbons (Fsp3) is 0.579. The number of halogens is 4. The van der Waals surface area contributed by atoms with Crippen molar-refractivity contribution in [2.75, 3.05) is 47.4 Å². The fourth-order valence-electron chi connectivity index (χ4n) is 2.84. The second-order valence-electron chi connectivity index (χ2n) is 7.09. The lowest BCUT2D eigenvalue weighted by atomic mass is 10.1. The molecule has 0 aliphatic carbocycles. The number of guanidine groups is 1. The molecule has 1 heterocycles. The molecular weight excluding hydrogens is 500 g/mol. The summed E-state index contributed by atoms with van der Waals surface area (Å²) in [4.78, 5) is 19.7. The van der Waals surface area contributed by atoms with E-state index in [2.05, 4.69) is 10.3 Å². The first kappa shape index (κ1) is 25.5. The lowest BCUT2D eigenvalue weighted by Gasteiger charge is -2.25. The van der Waals surface area contributed by atoms with Crippen LogP contribution in [0.2, 0.25) is 0 Å². The van der Waals surface area contributed by atoms with Crippen LogP contribution in [0.3, 0.4) is 0 Å². The molecule has 1 aromatic rings. The van der Waals surface area contributed by atoms with E-state index in [4.69, 9.17) is 4.74 Å². The molecule has 1 N–H and O–H groups in total. The number of benzene rings is 1. The Morgan fingerprint density at radius 1 is 1.31 bits per heavy atom. The van der Waals surface area contributed by atoms with E-state index in [0.717, 1.165) is 25.2 Å². The molecule has 0 bridgehead atoms.